The highest BCUT2D eigenvalue weighted by Crippen LogP contribution is 2.28. The molecule has 0 heterocycles. The molecule has 0 spiro atoms. The van der Waals surface area contributed by atoms with Gasteiger partial charge in [-0.3, -0.25) is 4.79 Å². The van der Waals surface area contributed by atoms with Gasteiger partial charge in [-0.15, -0.1) is 0 Å². The highest BCUT2D eigenvalue weighted by molar-refractivity contribution is 5.70. The molecule has 0 bridgehead atoms. The minimum Gasteiger partial charge on any atom is -0.481 e. The van der Waals surface area contributed by atoms with E-state index in [0.717, 1.165) is 6.42 Å². The lowest BCUT2D eigenvalue weighted by molar-refractivity contribution is -0.144. The first-order chi connectivity index (χ1) is 5.11. The maximum Gasteiger partial charge on any atom is 0.306 e. The molecule has 1 fully saturated rings. The molecule has 64 valence electrons. The molecule has 0 saturated heterocycles. The molecule has 1 rings (SSSR count). The van der Waals surface area contributed by atoms with Gasteiger partial charge in [-0.25, -0.2) is 0 Å². The second-order valence-electron chi connectivity index (χ2n) is 3.39. The maximum atomic E-state index is 10.5. The van der Waals surface area contributed by atoms with Gasteiger partial charge in [0.15, 0.2) is 0 Å². The normalized spacial score (nSPS) is 38.5. The number of carboxylic acids is 1. The van der Waals surface area contributed by atoms with E-state index in [1.165, 1.54) is 0 Å². The Morgan fingerprint density at radius 1 is 1.45 bits per heavy atom. The molecule has 11 heavy (non-hydrogen) atoms. The van der Waals surface area contributed by atoms with Crippen LogP contribution < -0.4 is 0 Å². The summed E-state index contributed by atoms with van der Waals surface area (Å²) in [6.45, 7) is 1.96. The van der Waals surface area contributed by atoms with Crippen LogP contribution in [0.15, 0.2) is 0 Å². The van der Waals surface area contributed by atoms with Crippen molar-refractivity contribution in [1.82, 2.24) is 0 Å². The Balaban J connectivity index is 2.46. The average Bonchev–Trinajstić information content (AvgIpc) is 1.94. The standard InChI is InChI=1S/C8H14O3/c1-5-2-3-6(8(10)11)4-7(5)9/h5-7,9H,2-4H2,1H3,(H,10,11)/t5?,6-,7-/m1/s1. The molecule has 2 N–H and O–H groups in total. The van der Waals surface area contributed by atoms with Crippen LogP contribution in [-0.2, 0) is 4.79 Å². The van der Waals surface area contributed by atoms with Gasteiger partial charge in [0, 0.05) is 0 Å². The van der Waals surface area contributed by atoms with E-state index in [-0.39, 0.29) is 11.8 Å². The quantitative estimate of drug-likeness (QED) is 0.595. The van der Waals surface area contributed by atoms with E-state index < -0.39 is 12.1 Å². The van der Waals surface area contributed by atoms with Crippen molar-refractivity contribution in [3.05, 3.63) is 0 Å². The largest absolute Gasteiger partial charge is 0.481 e. The van der Waals surface area contributed by atoms with Crippen LogP contribution in [-0.4, -0.2) is 22.3 Å². The summed E-state index contributed by atoms with van der Waals surface area (Å²) in [5.74, 6) is -0.817. The summed E-state index contributed by atoms with van der Waals surface area (Å²) >= 11 is 0. The van der Waals surface area contributed by atoms with Crippen LogP contribution in [0.2, 0.25) is 0 Å². The van der Waals surface area contributed by atoms with Gasteiger partial charge in [-0.2, -0.15) is 0 Å². The summed E-state index contributed by atoms with van der Waals surface area (Å²) in [4.78, 5) is 10.5. The van der Waals surface area contributed by atoms with Crippen molar-refractivity contribution in [2.45, 2.75) is 32.3 Å². The molecule has 0 aliphatic heterocycles. The van der Waals surface area contributed by atoms with Gasteiger partial charge >= 0.3 is 5.97 Å². The fraction of sp³-hybridized carbons (Fsp3) is 0.875. The van der Waals surface area contributed by atoms with E-state index >= 15 is 0 Å². The zero-order chi connectivity index (χ0) is 8.43. The van der Waals surface area contributed by atoms with Gasteiger partial charge in [-0.05, 0) is 25.2 Å². The molecule has 0 aromatic rings. The van der Waals surface area contributed by atoms with Crippen LogP contribution in [0.1, 0.15) is 26.2 Å². The third kappa shape index (κ3) is 1.93. The van der Waals surface area contributed by atoms with Crippen LogP contribution in [0.3, 0.4) is 0 Å². The van der Waals surface area contributed by atoms with Crippen LogP contribution in [0.25, 0.3) is 0 Å². The van der Waals surface area contributed by atoms with Crippen molar-refractivity contribution in [3.8, 4) is 0 Å². The average molecular weight is 158 g/mol. The van der Waals surface area contributed by atoms with E-state index in [0.29, 0.717) is 12.8 Å². The number of rotatable bonds is 1. The first-order valence-corrected chi connectivity index (χ1v) is 4.02. The van der Waals surface area contributed by atoms with Crippen molar-refractivity contribution in [1.29, 1.82) is 0 Å². The molecule has 3 nitrogen and oxygen atoms in total. The monoisotopic (exact) mass is 158 g/mol. The zero-order valence-electron chi connectivity index (χ0n) is 6.66. The highest BCUT2D eigenvalue weighted by atomic mass is 16.4. The van der Waals surface area contributed by atoms with Crippen molar-refractivity contribution in [2.75, 3.05) is 0 Å². The molecule has 3 atom stereocenters. The maximum absolute atomic E-state index is 10.5. The third-order valence-corrected chi connectivity index (χ3v) is 2.50. The van der Waals surface area contributed by atoms with Gasteiger partial charge in [-0.1, -0.05) is 6.92 Å². The predicted molar refractivity (Wildman–Crippen MR) is 40.1 cm³/mol. The first-order valence-electron chi connectivity index (χ1n) is 4.02. The molecule has 0 amide bonds. The lowest BCUT2D eigenvalue weighted by atomic mass is 9.81. The minimum absolute atomic E-state index is 0.269. The molecular formula is C8H14O3. The Bertz CT molecular complexity index is 155. The molecule has 3 heteroatoms. The number of hydrogen-bond acceptors (Lipinski definition) is 2. The zero-order valence-corrected chi connectivity index (χ0v) is 6.66. The number of carboxylic acid groups (broad SMARTS) is 1. The van der Waals surface area contributed by atoms with Crippen molar-refractivity contribution in [2.24, 2.45) is 11.8 Å². The molecular weight excluding hydrogens is 144 g/mol. The number of carbonyl (C=O) groups is 1. The van der Waals surface area contributed by atoms with E-state index in [1.807, 2.05) is 6.92 Å². The second kappa shape index (κ2) is 3.22. The van der Waals surface area contributed by atoms with Gasteiger partial charge in [0.25, 0.3) is 0 Å². The van der Waals surface area contributed by atoms with Crippen molar-refractivity contribution >= 4 is 5.97 Å². The summed E-state index contributed by atoms with van der Waals surface area (Å²) in [6, 6.07) is 0. The van der Waals surface area contributed by atoms with Crippen LogP contribution in [0, 0.1) is 11.8 Å². The summed E-state index contributed by atoms with van der Waals surface area (Å²) in [5, 5.41) is 18.0. The molecule has 0 aromatic heterocycles. The SMILES string of the molecule is CC1CC[C@@H](C(=O)O)C[C@H]1O. The summed E-state index contributed by atoms with van der Waals surface area (Å²) in [6.07, 6.45) is 1.56. The van der Waals surface area contributed by atoms with Gasteiger partial charge in [0.2, 0.25) is 0 Å². The first kappa shape index (κ1) is 8.53. The summed E-state index contributed by atoms with van der Waals surface area (Å²) < 4.78 is 0. The van der Waals surface area contributed by atoms with Gasteiger partial charge in [0.1, 0.15) is 0 Å². The van der Waals surface area contributed by atoms with Crippen molar-refractivity contribution in [3.63, 3.8) is 0 Å². The van der Waals surface area contributed by atoms with E-state index in [4.69, 9.17) is 5.11 Å². The second-order valence-corrected chi connectivity index (χ2v) is 3.39. The summed E-state index contributed by atoms with van der Waals surface area (Å²) in [7, 11) is 0. The Kier molecular flexibility index (Phi) is 2.49. The van der Waals surface area contributed by atoms with E-state index in [1.54, 1.807) is 0 Å². The number of aliphatic hydroxyl groups is 1. The van der Waals surface area contributed by atoms with Gasteiger partial charge in [0.05, 0.1) is 12.0 Å². The van der Waals surface area contributed by atoms with Crippen LogP contribution in [0.5, 0.6) is 0 Å². The molecule has 1 aliphatic carbocycles. The number of hydrogen-bond donors (Lipinski definition) is 2. The molecule has 1 aliphatic rings. The Hall–Kier alpha value is -0.570. The van der Waals surface area contributed by atoms with Crippen molar-refractivity contribution < 1.29 is 15.0 Å². The predicted octanol–water partition coefficient (Wildman–Crippen LogP) is 0.868. The Morgan fingerprint density at radius 2 is 2.09 bits per heavy atom. The van der Waals surface area contributed by atoms with Gasteiger partial charge < -0.3 is 10.2 Å². The molecule has 1 unspecified atom stereocenters. The lowest BCUT2D eigenvalue weighted by Gasteiger charge is -2.28. The molecule has 0 radical (unpaired) electrons. The Labute approximate surface area is 66.0 Å². The fourth-order valence-electron chi connectivity index (χ4n) is 1.52. The number of aliphatic carboxylic acids is 1. The smallest absolute Gasteiger partial charge is 0.306 e. The lowest BCUT2D eigenvalue weighted by Crippen LogP contribution is -2.31. The van der Waals surface area contributed by atoms with E-state index in [9.17, 15) is 9.90 Å². The van der Waals surface area contributed by atoms with Crippen LogP contribution >= 0.6 is 0 Å². The fourth-order valence-corrected chi connectivity index (χ4v) is 1.52. The highest BCUT2D eigenvalue weighted by Gasteiger charge is 2.29. The number of aliphatic hydroxyl groups excluding tert-OH is 1. The van der Waals surface area contributed by atoms with Crippen LogP contribution in [0.4, 0.5) is 0 Å². The summed E-state index contributed by atoms with van der Waals surface area (Å²) in [5.41, 5.74) is 0. The topological polar surface area (TPSA) is 57.5 Å². The Morgan fingerprint density at radius 3 is 2.55 bits per heavy atom. The molecule has 0 aromatic carbocycles. The minimum atomic E-state index is -0.768. The third-order valence-electron chi connectivity index (χ3n) is 2.50. The van der Waals surface area contributed by atoms with E-state index in [2.05, 4.69) is 0 Å². The molecule has 1 saturated carbocycles.